The molecule has 0 aliphatic carbocycles. The molecule has 0 bridgehead atoms. The zero-order valence-electron chi connectivity index (χ0n) is 24.2. The molecule has 0 saturated heterocycles. The molecule has 1 aromatic carbocycles. The second kappa shape index (κ2) is 23.2. The van der Waals surface area contributed by atoms with Gasteiger partial charge < -0.3 is 9.84 Å². The summed E-state index contributed by atoms with van der Waals surface area (Å²) in [5.41, 5.74) is -0.107. The fourth-order valence-electron chi connectivity index (χ4n) is 3.24. The summed E-state index contributed by atoms with van der Waals surface area (Å²) in [4.78, 5) is 22.2. The Morgan fingerprint density at radius 3 is 1.78 bits per heavy atom. The molecule has 1 atom stereocenters. The zero-order valence-corrected chi connectivity index (χ0v) is 25.0. The van der Waals surface area contributed by atoms with E-state index in [1.165, 1.54) is 31.4 Å². The molecule has 2 N–H and O–H groups in total. The van der Waals surface area contributed by atoms with E-state index in [0.29, 0.717) is 12.8 Å². The summed E-state index contributed by atoms with van der Waals surface area (Å²) in [6.45, 7) is 2.53. The van der Waals surface area contributed by atoms with Crippen LogP contribution in [0.1, 0.15) is 58.3 Å². The van der Waals surface area contributed by atoms with Crippen molar-refractivity contribution in [2.24, 2.45) is 0 Å². The predicted octanol–water partition coefficient (Wildman–Crippen LogP) is 7.91. The molecule has 41 heavy (non-hydrogen) atoms. The summed E-state index contributed by atoms with van der Waals surface area (Å²) in [5.74, 6) is 0.0450. The van der Waals surface area contributed by atoms with Crippen LogP contribution < -0.4 is 14.9 Å². The average molecular weight is 586 g/mol. The fraction of sp³-hybridized carbons (Fsp3) is 0.387. The van der Waals surface area contributed by atoms with Gasteiger partial charge in [-0.1, -0.05) is 79.8 Å². The highest BCUT2D eigenvalue weighted by Crippen LogP contribution is 2.43. The van der Waals surface area contributed by atoms with E-state index in [1.54, 1.807) is 0 Å². The van der Waals surface area contributed by atoms with Gasteiger partial charge in [-0.05, 0) is 57.1 Å². The normalized spacial score (nSPS) is 13.8. The molecular weight excluding hydrogens is 541 g/mol. The molecule has 10 heteroatoms. The molecule has 0 aromatic heterocycles. The molecule has 0 heterocycles. The smallest absolute Gasteiger partial charge is 0.413 e. The quantitative estimate of drug-likeness (QED) is 0.0466. The van der Waals surface area contributed by atoms with Gasteiger partial charge in [-0.15, -0.1) is 0 Å². The molecule has 1 unspecified atom stereocenters. The summed E-state index contributed by atoms with van der Waals surface area (Å²) in [5, 5.41) is 16.1. The number of nitrogens with one attached hydrogen (secondary N) is 2. The zero-order chi connectivity index (χ0) is 30.0. The predicted molar refractivity (Wildman–Crippen MR) is 167 cm³/mol. The topological polar surface area (TPSA) is 120 Å². The van der Waals surface area contributed by atoms with Crippen molar-refractivity contribution in [3.05, 3.63) is 107 Å². The van der Waals surface area contributed by atoms with Crippen LogP contribution in [0.25, 0.3) is 0 Å². The first-order valence-electron chi connectivity index (χ1n) is 13.9. The van der Waals surface area contributed by atoms with Gasteiger partial charge in [-0.3, -0.25) is 19.4 Å². The minimum atomic E-state index is -3.68. The van der Waals surface area contributed by atoms with Crippen molar-refractivity contribution in [3.8, 4) is 5.75 Å². The highest BCUT2D eigenvalue weighted by Gasteiger charge is 2.24. The lowest BCUT2D eigenvalue weighted by atomic mass is 10.2. The number of carbonyl (C=O) groups is 1. The van der Waals surface area contributed by atoms with E-state index in [0.717, 1.165) is 38.5 Å². The van der Waals surface area contributed by atoms with Crippen molar-refractivity contribution in [2.75, 3.05) is 20.2 Å². The number of hydrogen-bond acceptors (Lipinski definition) is 6. The first kappa shape index (κ1) is 35.5. The maximum absolute atomic E-state index is 12.6. The third-order valence-corrected chi connectivity index (χ3v) is 6.94. The maximum Gasteiger partial charge on any atom is 0.458 e. The number of nitro benzene ring substituents is 1. The number of amides is 1. The van der Waals surface area contributed by atoms with Crippen LogP contribution in [0.3, 0.4) is 0 Å². The molecule has 9 nitrogen and oxygen atoms in total. The van der Waals surface area contributed by atoms with E-state index in [1.807, 2.05) is 12.2 Å². The molecule has 1 aromatic rings. The molecule has 0 aliphatic rings. The maximum atomic E-state index is 12.6. The van der Waals surface area contributed by atoms with E-state index in [9.17, 15) is 19.5 Å². The number of hydrogen-bond donors (Lipinski definition) is 2. The van der Waals surface area contributed by atoms with Crippen LogP contribution in [0.4, 0.5) is 5.69 Å². The van der Waals surface area contributed by atoms with Gasteiger partial charge in [-0.2, -0.15) is 0 Å². The number of benzene rings is 1. The molecular formula is C31H44N3O6P. The molecule has 0 saturated carbocycles. The number of non-ortho nitro benzene ring substituents is 1. The Bertz CT molecular complexity index is 1110. The van der Waals surface area contributed by atoms with E-state index >= 15 is 0 Å². The van der Waals surface area contributed by atoms with Crippen LogP contribution in [-0.2, 0) is 13.9 Å². The fourth-order valence-corrected chi connectivity index (χ4v) is 4.29. The van der Waals surface area contributed by atoms with Gasteiger partial charge in [0.05, 0.1) is 4.92 Å². The highest BCUT2D eigenvalue weighted by atomic mass is 31.2. The Hall–Kier alpha value is -3.52. The largest absolute Gasteiger partial charge is 0.458 e. The number of nitrogens with zero attached hydrogens (tertiary/aromatic N) is 1. The Kier molecular flexibility index (Phi) is 20.1. The van der Waals surface area contributed by atoms with Crippen LogP contribution in [0.5, 0.6) is 5.75 Å². The van der Waals surface area contributed by atoms with Crippen molar-refractivity contribution < 1.29 is 23.3 Å². The van der Waals surface area contributed by atoms with Crippen molar-refractivity contribution in [1.82, 2.24) is 10.4 Å². The van der Waals surface area contributed by atoms with Crippen LogP contribution in [0.2, 0.25) is 0 Å². The Labute approximate surface area is 244 Å². The van der Waals surface area contributed by atoms with Gasteiger partial charge in [0, 0.05) is 38.8 Å². The van der Waals surface area contributed by atoms with Crippen molar-refractivity contribution in [1.29, 1.82) is 0 Å². The summed E-state index contributed by atoms with van der Waals surface area (Å²) < 4.78 is 22.9. The van der Waals surface area contributed by atoms with Crippen molar-refractivity contribution in [2.45, 2.75) is 58.3 Å². The lowest BCUT2D eigenvalue weighted by molar-refractivity contribution is -0.384. The summed E-state index contributed by atoms with van der Waals surface area (Å²) in [6.07, 6.45) is 32.4. The summed E-state index contributed by atoms with van der Waals surface area (Å²) >= 11 is 0. The first-order valence-corrected chi connectivity index (χ1v) is 15.5. The third kappa shape index (κ3) is 19.2. The minimum Gasteiger partial charge on any atom is -0.413 e. The highest BCUT2D eigenvalue weighted by molar-refractivity contribution is 7.52. The van der Waals surface area contributed by atoms with Crippen LogP contribution >= 0.6 is 7.75 Å². The first-order chi connectivity index (χ1) is 19.9. The minimum absolute atomic E-state index is 0.107. The van der Waals surface area contributed by atoms with Gasteiger partial charge in [0.2, 0.25) is 5.91 Å². The van der Waals surface area contributed by atoms with Crippen LogP contribution in [-0.4, -0.2) is 31.0 Å². The monoisotopic (exact) mass is 585 g/mol. The second-order valence-corrected chi connectivity index (χ2v) is 10.6. The Morgan fingerprint density at radius 2 is 1.32 bits per heavy atom. The van der Waals surface area contributed by atoms with Gasteiger partial charge in [0.15, 0.2) is 0 Å². The molecule has 1 amide bonds. The Morgan fingerprint density at radius 1 is 0.829 bits per heavy atom. The van der Waals surface area contributed by atoms with E-state index < -0.39 is 12.7 Å². The lowest BCUT2D eigenvalue weighted by Crippen LogP contribution is -2.31. The number of rotatable bonds is 22. The molecule has 0 spiro atoms. The summed E-state index contributed by atoms with van der Waals surface area (Å²) in [7, 11) is -2.45. The number of nitro groups is 1. The lowest BCUT2D eigenvalue weighted by Gasteiger charge is -2.18. The molecule has 0 aliphatic heterocycles. The van der Waals surface area contributed by atoms with Crippen LogP contribution in [0.15, 0.2) is 97.2 Å². The van der Waals surface area contributed by atoms with E-state index in [2.05, 4.69) is 78.1 Å². The second-order valence-electron chi connectivity index (χ2n) is 8.73. The number of carbonyl (C=O) groups excluding carboxylic acids is 1. The molecule has 224 valence electrons. The van der Waals surface area contributed by atoms with Gasteiger partial charge in [0.25, 0.3) is 5.69 Å². The number of allylic oxidation sites excluding steroid dienone is 12. The van der Waals surface area contributed by atoms with Gasteiger partial charge in [0.1, 0.15) is 5.75 Å². The van der Waals surface area contributed by atoms with Gasteiger partial charge >= 0.3 is 7.75 Å². The third-order valence-electron chi connectivity index (χ3n) is 5.40. The summed E-state index contributed by atoms with van der Waals surface area (Å²) in [6, 6.07) is 5.16. The van der Waals surface area contributed by atoms with Gasteiger partial charge in [-0.25, -0.2) is 9.65 Å². The van der Waals surface area contributed by atoms with E-state index in [-0.39, 0.29) is 30.4 Å². The Balaban J connectivity index is 2.10. The van der Waals surface area contributed by atoms with E-state index in [4.69, 9.17) is 9.05 Å². The molecule has 0 radical (unpaired) electrons. The standard InChI is InChI=1S/C31H44N3O6P/c1-3-4-5-6-7-8-9-10-11-12-13-14-15-16-17-18-19-20-21-22-31(35)32-27-28-33-41(38,39-2)40-30-25-23-29(24-26-30)34(36)37/h4-5,7-8,10-11,13-14,16-17,19-20,23-26H,3,6,9,12,15,18,21-22,27-28H2,1-2H3,(H,32,35)(H,33,38)/b5-4-,8-7-,11-10-,14-13-,17-16-,20-19-. The average Bonchev–Trinajstić information content (AvgIpc) is 2.97. The van der Waals surface area contributed by atoms with Crippen molar-refractivity contribution >= 4 is 19.3 Å². The van der Waals surface area contributed by atoms with Crippen LogP contribution in [0, 0.1) is 10.1 Å². The molecule has 0 fully saturated rings. The van der Waals surface area contributed by atoms with Crippen molar-refractivity contribution in [3.63, 3.8) is 0 Å². The SMILES string of the molecule is CC/C=C\C/C=C\C/C=C\C/C=C\C/C=C\C/C=C\CCC(=O)NCCNP(=O)(OC)Oc1ccc([N+](=O)[O-])cc1. The molecule has 1 rings (SSSR count).